The van der Waals surface area contributed by atoms with Crippen LogP contribution >= 0.6 is 0 Å². The lowest BCUT2D eigenvalue weighted by molar-refractivity contribution is 0.373. The van der Waals surface area contributed by atoms with Crippen molar-refractivity contribution in [2.24, 2.45) is 0 Å². The number of ether oxygens (including phenoxy) is 3. The molecule has 2 aromatic heterocycles. The van der Waals surface area contributed by atoms with Gasteiger partial charge in [0.05, 0.1) is 27.9 Å². The van der Waals surface area contributed by atoms with Crippen molar-refractivity contribution >= 4 is 26.8 Å². The van der Waals surface area contributed by atoms with Crippen LogP contribution in [-0.4, -0.2) is 44.7 Å². The van der Waals surface area contributed by atoms with Gasteiger partial charge in [0.25, 0.3) is 10.0 Å². The van der Waals surface area contributed by atoms with E-state index < -0.39 is 10.0 Å². The van der Waals surface area contributed by atoms with E-state index >= 15 is 0 Å². The Morgan fingerprint density at radius 3 is 2.36 bits per heavy atom. The van der Waals surface area contributed by atoms with Crippen LogP contribution in [0.1, 0.15) is 11.1 Å². The average Bonchev–Trinajstić information content (AvgIpc) is 3.47. The molecule has 0 saturated carbocycles. The van der Waals surface area contributed by atoms with Crippen LogP contribution in [0.2, 0.25) is 0 Å². The quantitative estimate of drug-likeness (QED) is 0.392. The van der Waals surface area contributed by atoms with Crippen molar-refractivity contribution in [1.82, 2.24) is 14.9 Å². The monoisotopic (exact) mass is 468 g/mol. The molecule has 2 aromatic carbocycles. The number of fused-ring (bicyclic) bond motifs is 1. The second kappa shape index (κ2) is 8.76. The van der Waals surface area contributed by atoms with Crippen molar-refractivity contribution in [1.29, 1.82) is 0 Å². The van der Waals surface area contributed by atoms with Crippen molar-refractivity contribution < 1.29 is 27.2 Å². The molecule has 0 unspecified atom stereocenters. The molecule has 0 atom stereocenters. The Balaban J connectivity index is 1.77. The van der Waals surface area contributed by atoms with E-state index in [9.17, 15) is 8.42 Å². The Bertz CT molecular complexity index is 1430. The highest BCUT2D eigenvalue weighted by atomic mass is 32.2. The number of nitrogens with one attached hydrogen (secondary N) is 1. The van der Waals surface area contributed by atoms with Crippen molar-refractivity contribution in [3.05, 3.63) is 53.9 Å². The second-order valence-electron chi connectivity index (χ2n) is 6.87. The summed E-state index contributed by atoms with van der Waals surface area (Å²) in [6, 6.07) is 8.19. The third-order valence-electron chi connectivity index (χ3n) is 4.85. The lowest BCUT2D eigenvalue weighted by Gasteiger charge is -2.15. The maximum absolute atomic E-state index is 13.3. The standard InChI is InChI=1S/C22H20N4O6S/c1-5-14-9-18(30-3)21(19(10-14)31-4)33(27,28)25-22-20-16(29-2)11-15(12-17(20)32-24-22)13-26-8-6-7-23-26/h1,6-12H,13H2,2-4H3,(H,24,25). The summed E-state index contributed by atoms with van der Waals surface area (Å²) < 4.78 is 52.2. The topological polar surface area (TPSA) is 118 Å². The predicted octanol–water partition coefficient (Wildman–Crippen LogP) is 2.88. The number of hydrogen-bond acceptors (Lipinski definition) is 8. The molecule has 0 saturated heterocycles. The minimum Gasteiger partial charge on any atom is -0.496 e. The molecule has 0 aliphatic rings. The molecule has 4 rings (SSSR count). The zero-order valence-electron chi connectivity index (χ0n) is 18.0. The summed E-state index contributed by atoms with van der Waals surface area (Å²) >= 11 is 0. The summed E-state index contributed by atoms with van der Waals surface area (Å²) in [6.07, 6.45) is 8.95. The second-order valence-corrected chi connectivity index (χ2v) is 8.49. The van der Waals surface area contributed by atoms with Crippen LogP contribution in [0.15, 0.2) is 52.1 Å². The van der Waals surface area contributed by atoms with E-state index in [1.54, 1.807) is 23.0 Å². The predicted molar refractivity (Wildman–Crippen MR) is 120 cm³/mol. The third-order valence-corrected chi connectivity index (χ3v) is 6.25. The van der Waals surface area contributed by atoms with Gasteiger partial charge in [-0.25, -0.2) is 8.42 Å². The summed E-state index contributed by atoms with van der Waals surface area (Å²) in [6.45, 7) is 0.469. The van der Waals surface area contributed by atoms with Crippen LogP contribution in [0.3, 0.4) is 0 Å². The summed E-state index contributed by atoms with van der Waals surface area (Å²) in [4.78, 5) is -0.225. The highest BCUT2D eigenvalue weighted by Crippen LogP contribution is 2.38. The highest BCUT2D eigenvalue weighted by Gasteiger charge is 2.28. The van der Waals surface area contributed by atoms with Gasteiger partial charge in [0.15, 0.2) is 16.3 Å². The number of anilines is 1. The molecule has 170 valence electrons. The number of aromatic nitrogens is 3. The molecular formula is C22H20N4O6S. The lowest BCUT2D eigenvalue weighted by Crippen LogP contribution is -2.16. The van der Waals surface area contributed by atoms with Gasteiger partial charge in [-0.2, -0.15) is 5.10 Å². The van der Waals surface area contributed by atoms with Gasteiger partial charge in [-0.05, 0) is 35.9 Å². The van der Waals surface area contributed by atoms with Crippen molar-refractivity contribution in [3.63, 3.8) is 0 Å². The van der Waals surface area contributed by atoms with E-state index in [4.69, 9.17) is 25.2 Å². The van der Waals surface area contributed by atoms with Crippen molar-refractivity contribution in [3.8, 4) is 29.6 Å². The Morgan fingerprint density at radius 2 is 1.79 bits per heavy atom. The molecule has 0 radical (unpaired) electrons. The van der Waals surface area contributed by atoms with Crippen LogP contribution in [0.4, 0.5) is 5.82 Å². The minimum absolute atomic E-state index is 0.0241. The fourth-order valence-electron chi connectivity index (χ4n) is 3.40. The molecule has 2 heterocycles. The van der Waals surface area contributed by atoms with Gasteiger partial charge in [-0.15, -0.1) is 6.42 Å². The molecule has 4 aromatic rings. The Hall–Kier alpha value is -4.17. The zero-order chi connectivity index (χ0) is 23.6. The van der Waals surface area contributed by atoms with Gasteiger partial charge < -0.3 is 18.7 Å². The number of methoxy groups -OCH3 is 3. The average molecular weight is 468 g/mol. The molecule has 10 nitrogen and oxygen atoms in total. The van der Waals surface area contributed by atoms with Crippen molar-refractivity contribution in [2.45, 2.75) is 11.4 Å². The number of nitrogens with zero attached hydrogens (tertiary/aromatic N) is 3. The van der Waals surface area contributed by atoms with Gasteiger partial charge in [-0.3, -0.25) is 9.40 Å². The first-order valence-electron chi connectivity index (χ1n) is 9.59. The molecule has 0 amide bonds. The molecule has 33 heavy (non-hydrogen) atoms. The lowest BCUT2D eigenvalue weighted by atomic mass is 10.1. The maximum Gasteiger partial charge on any atom is 0.270 e. The Labute approximate surface area is 190 Å². The van der Waals surface area contributed by atoms with E-state index in [-0.39, 0.29) is 22.2 Å². The third kappa shape index (κ3) is 4.16. The normalized spacial score (nSPS) is 11.2. The highest BCUT2D eigenvalue weighted by molar-refractivity contribution is 7.93. The fraction of sp³-hybridized carbons (Fsp3) is 0.182. The molecule has 0 aliphatic carbocycles. The molecular weight excluding hydrogens is 448 g/mol. The Kier molecular flexibility index (Phi) is 5.85. The maximum atomic E-state index is 13.3. The van der Waals surface area contributed by atoms with E-state index in [2.05, 4.69) is 20.9 Å². The molecule has 0 bridgehead atoms. The molecule has 0 aliphatic heterocycles. The van der Waals surface area contributed by atoms with E-state index in [0.717, 1.165) is 5.56 Å². The largest absolute Gasteiger partial charge is 0.496 e. The van der Waals surface area contributed by atoms with E-state index in [1.807, 2.05) is 12.3 Å². The van der Waals surface area contributed by atoms with Gasteiger partial charge >= 0.3 is 0 Å². The number of rotatable bonds is 8. The van der Waals surface area contributed by atoms with E-state index in [1.165, 1.54) is 33.5 Å². The van der Waals surface area contributed by atoms with Crippen LogP contribution in [0.25, 0.3) is 11.0 Å². The van der Waals surface area contributed by atoms with Crippen LogP contribution in [0, 0.1) is 12.3 Å². The number of hydrogen-bond donors (Lipinski definition) is 1. The summed E-state index contributed by atoms with van der Waals surface area (Å²) in [5, 5.41) is 8.46. The first-order valence-corrected chi connectivity index (χ1v) is 11.1. The van der Waals surface area contributed by atoms with Gasteiger partial charge in [-0.1, -0.05) is 11.1 Å². The summed E-state index contributed by atoms with van der Waals surface area (Å²) in [7, 11) is -0.0734. The zero-order valence-corrected chi connectivity index (χ0v) is 18.8. The minimum atomic E-state index is -4.22. The SMILES string of the molecule is C#Cc1cc(OC)c(S(=O)(=O)Nc2noc3cc(Cn4cccn4)cc(OC)c23)c(OC)c1. The molecule has 11 heteroatoms. The molecule has 1 N–H and O–H groups in total. The number of sulfonamides is 1. The fourth-order valence-corrected chi connectivity index (χ4v) is 4.71. The van der Waals surface area contributed by atoms with Gasteiger partial charge in [0.1, 0.15) is 22.6 Å². The smallest absolute Gasteiger partial charge is 0.270 e. The molecule has 0 spiro atoms. The molecule has 0 fully saturated rings. The van der Waals surface area contributed by atoms with Crippen LogP contribution in [0.5, 0.6) is 17.2 Å². The van der Waals surface area contributed by atoms with Crippen LogP contribution in [-0.2, 0) is 16.6 Å². The van der Waals surface area contributed by atoms with Crippen LogP contribution < -0.4 is 18.9 Å². The van der Waals surface area contributed by atoms with Crippen molar-refractivity contribution in [2.75, 3.05) is 26.1 Å². The van der Waals surface area contributed by atoms with Gasteiger partial charge in [0.2, 0.25) is 0 Å². The summed E-state index contributed by atoms with van der Waals surface area (Å²) in [5.74, 6) is 2.82. The number of benzene rings is 2. The summed E-state index contributed by atoms with van der Waals surface area (Å²) in [5.41, 5.74) is 1.58. The first kappa shape index (κ1) is 22.0. The Morgan fingerprint density at radius 1 is 1.09 bits per heavy atom. The van der Waals surface area contributed by atoms with E-state index in [0.29, 0.717) is 28.8 Å². The first-order chi connectivity index (χ1) is 15.9. The number of terminal acetylenes is 1. The van der Waals surface area contributed by atoms with Gasteiger partial charge in [0, 0.05) is 18.0 Å².